The molecule has 26 heavy (non-hydrogen) atoms. The van der Waals surface area contributed by atoms with Crippen molar-refractivity contribution in [3.63, 3.8) is 0 Å². The van der Waals surface area contributed by atoms with E-state index in [-0.39, 0.29) is 24.5 Å². The lowest BCUT2D eigenvalue weighted by Gasteiger charge is -2.28. The van der Waals surface area contributed by atoms with Crippen LogP contribution in [-0.2, 0) is 14.3 Å². The number of hydrogen-bond donors (Lipinski definition) is 0. The van der Waals surface area contributed by atoms with Gasteiger partial charge in [0.05, 0.1) is 13.2 Å². The van der Waals surface area contributed by atoms with Crippen molar-refractivity contribution in [3.8, 4) is 0 Å². The summed E-state index contributed by atoms with van der Waals surface area (Å²) in [7, 11) is 0. The fraction of sp³-hybridized carbons (Fsp3) is 0.400. The second-order valence-corrected chi connectivity index (χ2v) is 7.09. The molecule has 1 aromatic heterocycles. The second kappa shape index (κ2) is 8.96. The monoisotopic (exact) mass is 372 g/mol. The smallest absolute Gasteiger partial charge is 0.326 e. The summed E-state index contributed by atoms with van der Waals surface area (Å²) in [6.07, 6.45) is 2.14. The molecule has 1 atom stereocenters. The number of ether oxygens (including phenoxy) is 1. The topological polar surface area (TPSA) is 49.9 Å². The first-order chi connectivity index (χ1) is 12.7. The summed E-state index contributed by atoms with van der Waals surface area (Å²) in [5.41, 5.74) is 1.99. The average molecular weight is 372 g/mol. The van der Waals surface area contributed by atoms with Crippen molar-refractivity contribution in [2.45, 2.75) is 25.8 Å². The summed E-state index contributed by atoms with van der Waals surface area (Å²) < 4.78 is 5.05. The highest BCUT2D eigenvalue weighted by Gasteiger charge is 2.30. The Hall–Kier alpha value is -2.18. The van der Waals surface area contributed by atoms with Crippen molar-refractivity contribution in [2.75, 3.05) is 31.1 Å². The largest absolute Gasteiger partial charge is 0.465 e. The summed E-state index contributed by atoms with van der Waals surface area (Å²) in [5, 5.41) is 4.23. The molecular weight excluding hydrogens is 348 g/mol. The molecule has 2 aromatic rings. The van der Waals surface area contributed by atoms with Crippen LogP contribution in [0.25, 0.3) is 0 Å². The van der Waals surface area contributed by atoms with E-state index in [4.69, 9.17) is 4.74 Å². The fourth-order valence-corrected chi connectivity index (χ4v) is 4.09. The van der Waals surface area contributed by atoms with E-state index in [1.165, 1.54) is 10.5 Å². The Morgan fingerprint density at radius 3 is 2.77 bits per heavy atom. The van der Waals surface area contributed by atoms with Gasteiger partial charge in [0.15, 0.2) is 0 Å². The first kappa shape index (κ1) is 18.6. The van der Waals surface area contributed by atoms with Gasteiger partial charge >= 0.3 is 5.97 Å². The van der Waals surface area contributed by atoms with Gasteiger partial charge in [0.25, 0.3) is 0 Å². The highest BCUT2D eigenvalue weighted by molar-refractivity contribution is 7.07. The molecule has 0 spiro atoms. The van der Waals surface area contributed by atoms with Gasteiger partial charge in [-0.3, -0.25) is 14.5 Å². The first-order valence-electron chi connectivity index (χ1n) is 8.96. The number of hydrogen-bond acceptors (Lipinski definition) is 5. The van der Waals surface area contributed by atoms with Crippen LogP contribution >= 0.6 is 11.3 Å². The van der Waals surface area contributed by atoms with Crippen LogP contribution in [0.15, 0.2) is 47.2 Å². The third kappa shape index (κ3) is 4.51. The molecule has 1 saturated heterocycles. The number of carbonyl (C=O) groups excluding carboxylic acids is 2. The molecule has 1 aliphatic rings. The predicted octanol–water partition coefficient (Wildman–Crippen LogP) is 3.48. The molecule has 0 saturated carbocycles. The molecule has 1 aliphatic heterocycles. The number of thiophene rings is 1. The van der Waals surface area contributed by atoms with Gasteiger partial charge in [-0.2, -0.15) is 11.3 Å². The summed E-state index contributed by atoms with van der Waals surface area (Å²) >= 11 is 1.68. The first-order valence-corrected chi connectivity index (χ1v) is 9.90. The molecule has 1 amide bonds. The summed E-state index contributed by atoms with van der Waals surface area (Å²) in [4.78, 5) is 28.8. The Bertz CT molecular complexity index is 718. The van der Waals surface area contributed by atoms with Gasteiger partial charge < -0.3 is 9.64 Å². The summed E-state index contributed by atoms with van der Waals surface area (Å²) in [5.74, 6) is -0.466. The van der Waals surface area contributed by atoms with E-state index in [0.717, 1.165) is 25.1 Å². The highest BCUT2D eigenvalue weighted by Crippen LogP contribution is 2.33. The zero-order valence-electron chi connectivity index (χ0n) is 15.0. The van der Waals surface area contributed by atoms with Crippen LogP contribution < -0.4 is 4.90 Å². The van der Waals surface area contributed by atoms with Gasteiger partial charge in [-0.15, -0.1) is 0 Å². The number of carbonyl (C=O) groups is 2. The lowest BCUT2D eigenvalue weighted by Crippen LogP contribution is -2.43. The van der Waals surface area contributed by atoms with E-state index in [2.05, 4.69) is 21.7 Å². The zero-order chi connectivity index (χ0) is 18.4. The average Bonchev–Trinajstić information content (AvgIpc) is 3.32. The number of esters is 1. The van der Waals surface area contributed by atoms with Crippen LogP contribution in [-0.4, -0.2) is 43.0 Å². The minimum atomic E-state index is -0.388. The molecule has 0 unspecified atom stereocenters. The number of likely N-dealkylation sites (tertiary alicyclic amines) is 1. The third-order valence-corrected chi connectivity index (χ3v) is 5.29. The second-order valence-electron chi connectivity index (χ2n) is 6.31. The molecule has 138 valence electrons. The molecule has 1 fully saturated rings. The number of nitrogens with zero attached hydrogens (tertiary/aromatic N) is 2. The minimum absolute atomic E-state index is 0.0619. The molecule has 0 bridgehead atoms. The third-order valence-electron chi connectivity index (χ3n) is 4.59. The Balaban J connectivity index is 1.73. The van der Waals surface area contributed by atoms with Crippen LogP contribution in [0.5, 0.6) is 0 Å². The summed E-state index contributed by atoms with van der Waals surface area (Å²) in [6, 6.07) is 11.7. The Morgan fingerprint density at radius 1 is 1.27 bits per heavy atom. The lowest BCUT2D eigenvalue weighted by molar-refractivity contribution is -0.142. The van der Waals surface area contributed by atoms with Crippen molar-refractivity contribution in [3.05, 3.63) is 52.7 Å². The van der Waals surface area contributed by atoms with Gasteiger partial charge in [0.1, 0.15) is 6.54 Å². The quantitative estimate of drug-likeness (QED) is 0.698. The molecule has 1 aromatic carbocycles. The molecule has 6 heteroatoms. The summed E-state index contributed by atoms with van der Waals surface area (Å²) in [6.45, 7) is 3.21. The van der Waals surface area contributed by atoms with Crippen LogP contribution in [0.3, 0.4) is 0 Å². The van der Waals surface area contributed by atoms with Crippen molar-refractivity contribution >= 4 is 28.9 Å². The normalized spacial score (nSPS) is 17.2. The van der Waals surface area contributed by atoms with E-state index < -0.39 is 0 Å². The molecule has 5 nitrogen and oxygen atoms in total. The lowest BCUT2D eigenvalue weighted by atomic mass is 10.1. The number of anilines is 1. The van der Waals surface area contributed by atoms with Crippen LogP contribution in [0.4, 0.5) is 5.69 Å². The molecule has 2 heterocycles. The molecule has 0 aliphatic carbocycles. The van der Waals surface area contributed by atoms with Crippen molar-refractivity contribution in [1.29, 1.82) is 0 Å². The van der Waals surface area contributed by atoms with E-state index in [1.807, 2.05) is 30.3 Å². The maximum Gasteiger partial charge on any atom is 0.326 e. The Kier molecular flexibility index (Phi) is 6.41. The van der Waals surface area contributed by atoms with Crippen molar-refractivity contribution in [1.82, 2.24) is 4.90 Å². The van der Waals surface area contributed by atoms with Gasteiger partial charge in [-0.05, 0) is 60.8 Å². The fourth-order valence-electron chi connectivity index (χ4n) is 3.38. The number of rotatable bonds is 7. The Labute approximate surface area is 158 Å². The Morgan fingerprint density at radius 2 is 2.08 bits per heavy atom. The van der Waals surface area contributed by atoms with E-state index in [0.29, 0.717) is 13.2 Å². The highest BCUT2D eigenvalue weighted by atomic mass is 32.1. The maximum absolute atomic E-state index is 13.0. The van der Waals surface area contributed by atoms with Gasteiger partial charge in [0.2, 0.25) is 5.91 Å². The molecule has 3 rings (SSSR count). The van der Waals surface area contributed by atoms with Crippen molar-refractivity contribution in [2.24, 2.45) is 0 Å². The SMILES string of the molecule is CCOC(=O)CN(C(=O)CN1CCC[C@@H]1c1ccsc1)c1ccccc1. The van der Waals surface area contributed by atoms with Crippen LogP contribution in [0.2, 0.25) is 0 Å². The predicted molar refractivity (Wildman–Crippen MR) is 103 cm³/mol. The van der Waals surface area contributed by atoms with Gasteiger partial charge in [-0.1, -0.05) is 18.2 Å². The van der Waals surface area contributed by atoms with Crippen LogP contribution in [0, 0.1) is 0 Å². The number of para-hydroxylation sites is 1. The number of benzene rings is 1. The number of amides is 1. The van der Waals surface area contributed by atoms with Crippen LogP contribution in [0.1, 0.15) is 31.4 Å². The van der Waals surface area contributed by atoms with Gasteiger partial charge in [-0.25, -0.2) is 0 Å². The van der Waals surface area contributed by atoms with E-state index in [1.54, 1.807) is 18.3 Å². The molecular formula is C20H24N2O3S. The minimum Gasteiger partial charge on any atom is -0.465 e. The van der Waals surface area contributed by atoms with E-state index in [9.17, 15) is 9.59 Å². The van der Waals surface area contributed by atoms with E-state index >= 15 is 0 Å². The zero-order valence-corrected chi connectivity index (χ0v) is 15.8. The molecule has 0 radical (unpaired) electrons. The van der Waals surface area contributed by atoms with Gasteiger partial charge in [0, 0.05) is 11.7 Å². The standard InChI is InChI=1S/C20H24N2O3S/c1-2-25-20(24)14-22(17-7-4-3-5-8-17)19(23)13-21-11-6-9-18(21)16-10-12-26-15-16/h3-5,7-8,10,12,15,18H,2,6,9,11,13-14H2,1H3/t18-/m1/s1. The molecule has 0 N–H and O–H groups in total. The van der Waals surface area contributed by atoms with Crippen molar-refractivity contribution < 1.29 is 14.3 Å². The maximum atomic E-state index is 13.0.